The molecule has 1 N–H and O–H groups in total. The lowest BCUT2D eigenvalue weighted by Gasteiger charge is -2.36. The average molecular weight is 911 g/mol. The number of hydrogen-bond acceptors (Lipinski definition) is 9. The molecule has 5 atom stereocenters. The minimum atomic E-state index is -0.888. The number of anilines is 2. The molecular weight excluding hydrogens is 863 g/mol. The lowest BCUT2D eigenvalue weighted by atomic mass is 9.83. The third-order valence-corrected chi connectivity index (χ3v) is 15.2. The Labute approximate surface area is 382 Å². The molecule has 67 heavy (non-hydrogen) atoms. The van der Waals surface area contributed by atoms with Gasteiger partial charge < -0.3 is 14.2 Å². The van der Waals surface area contributed by atoms with Gasteiger partial charge in [-0.2, -0.15) is 10.2 Å². The number of fused-ring (bicyclic) bond motifs is 6. The molecule has 0 spiro atoms. The van der Waals surface area contributed by atoms with E-state index in [-0.39, 0.29) is 46.3 Å². The molecule has 7 aromatic rings. The monoisotopic (exact) mass is 910 g/mol. The number of carbonyl (C=O) groups excluding carboxylic acids is 3. The van der Waals surface area contributed by atoms with Crippen molar-refractivity contribution < 1.29 is 32.4 Å². The fraction of sp³-hybridized carbons (Fsp3) is 0.408. The highest BCUT2D eigenvalue weighted by Crippen LogP contribution is 2.57. The van der Waals surface area contributed by atoms with Crippen LogP contribution in [0, 0.1) is 31.4 Å². The van der Waals surface area contributed by atoms with Gasteiger partial charge in [0.2, 0.25) is 0 Å². The van der Waals surface area contributed by atoms with Gasteiger partial charge in [-0.1, -0.05) is 18.1 Å². The van der Waals surface area contributed by atoms with Crippen molar-refractivity contribution in [3.8, 4) is 5.69 Å². The maximum absolute atomic E-state index is 16.2. The summed E-state index contributed by atoms with van der Waals surface area (Å²) in [6.45, 7) is 9.71. The van der Waals surface area contributed by atoms with Crippen molar-refractivity contribution >= 4 is 51.2 Å². The molecule has 0 radical (unpaired) electrons. The van der Waals surface area contributed by atoms with Crippen LogP contribution < -0.4 is 15.6 Å². The second kappa shape index (κ2) is 14.3. The lowest BCUT2D eigenvalue weighted by molar-refractivity contribution is -0.115. The van der Waals surface area contributed by atoms with E-state index in [9.17, 15) is 14.4 Å². The Hall–Kier alpha value is -6.95. The molecule has 4 amide bonds. The van der Waals surface area contributed by atoms with Crippen molar-refractivity contribution in [2.45, 2.75) is 102 Å². The molecule has 3 saturated heterocycles. The molecular formula is C49H48F2N10O6. The third-order valence-electron chi connectivity index (χ3n) is 15.2. The predicted molar refractivity (Wildman–Crippen MR) is 241 cm³/mol. The molecule has 18 heteroatoms. The van der Waals surface area contributed by atoms with E-state index in [1.165, 1.54) is 21.6 Å². The summed E-state index contributed by atoms with van der Waals surface area (Å²) in [5.41, 5.74) is 3.84. The highest BCUT2D eigenvalue weighted by atomic mass is 19.1. The fourth-order valence-electron chi connectivity index (χ4n) is 11.9. The number of hydrogen-bond donors (Lipinski definition) is 1. The summed E-state index contributed by atoms with van der Waals surface area (Å²) in [7, 11) is 1.69. The number of halogens is 2. The molecule has 5 aliphatic rings. The number of H-pyrrole nitrogens is 1. The van der Waals surface area contributed by atoms with Gasteiger partial charge in [-0.05, 0) is 131 Å². The average Bonchev–Trinajstić information content (AvgIpc) is 3.97. The van der Waals surface area contributed by atoms with Crippen molar-refractivity contribution in [1.82, 2.24) is 39.2 Å². The summed E-state index contributed by atoms with van der Waals surface area (Å²) in [6, 6.07) is 12.9. The van der Waals surface area contributed by atoms with Gasteiger partial charge in [0.1, 0.15) is 23.6 Å². The number of nitrogens with zero attached hydrogens (tertiary/aromatic N) is 9. The van der Waals surface area contributed by atoms with Crippen LogP contribution in [0.3, 0.4) is 0 Å². The van der Waals surface area contributed by atoms with Crippen molar-refractivity contribution in [2.24, 2.45) is 13.0 Å². The number of amides is 4. The van der Waals surface area contributed by atoms with Gasteiger partial charge in [-0.3, -0.25) is 28.7 Å². The normalized spacial score (nSPS) is 24.4. The van der Waals surface area contributed by atoms with Crippen LogP contribution in [0.4, 0.5) is 25.1 Å². The fourth-order valence-corrected chi connectivity index (χ4v) is 11.9. The van der Waals surface area contributed by atoms with E-state index in [1.54, 1.807) is 39.1 Å². The van der Waals surface area contributed by atoms with Crippen LogP contribution in [-0.4, -0.2) is 81.8 Å². The SMILES string of the molecule is Cc1cc(-n2nc3c(c2N2C(=O)CN(c4ccc5c(cnn5C)c4F)C2=O)[C@H]2CC[C@@H](C3)N2C(=O)c2cc3cc([C@H]4CCOC(C)(C)C4)ccc3n2[C@@]2(c3noc(=O)[nH]3)C[C@@H]2C)cc(C)c1F. The zero-order chi connectivity index (χ0) is 46.6. The van der Waals surface area contributed by atoms with Crippen LogP contribution in [0.5, 0.6) is 0 Å². The van der Waals surface area contributed by atoms with Gasteiger partial charge in [-0.25, -0.2) is 28.0 Å². The molecule has 16 nitrogen and oxygen atoms in total. The molecule has 1 aliphatic carbocycles. The Balaban J connectivity index is 1.00. The van der Waals surface area contributed by atoms with Gasteiger partial charge in [0, 0.05) is 42.6 Å². The second-order valence-corrected chi connectivity index (χ2v) is 19.8. The summed E-state index contributed by atoms with van der Waals surface area (Å²) in [5, 5.41) is 14.5. The predicted octanol–water partition coefficient (Wildman–Crippen LogP) is 7.62. The highest BCUT2D eigenvalue weighted by Gasteiger charge is 2.60. The molecule has 3 aromatic carbocycles. The van der Waals surface area contributed by atoms with E-state index in [0.29, 0.717) is 77.4 Å². The summed E-state index contributed by atoms with van der Waals surface area (Å²) in [4.78, 5) is 64.4. The third kappa shape index (κ3) is 5.99. The molecule has 344 valence electrons. The minimum absolute atomic E-state index is 0.0256. The first-order valence-electron chi connectivity index (χ1n) is 22.9. The Bertz CT molecular complexity index is 3340. The highest BCUT2D eigenvalue weighted by molar-refractivity contribution is 6.27. The largest absolute Gasteiger partial charge is 0.438 e. The van der Waals surface area contributed by atoms with Gasteiger partial charge in [0.15, 0.2) is 17.5 Å². The van der Waals surface area contributed by atoms with Crippen LogP contribution in [0.1, 0.15) is 109 Å². The van der Waals surface area contributed by atoms with Gasteiger partial charge in [-0.15, -0.1) is 0 Å². The van der Waals surface area contributed by atoms with Crippen molar-refractivity contribution in [3.63, 3.8) is 0 Å². The first-order chi connectivity index (χ1) is 32.0. The number of aromatic nitrogens is 7. The van der Waals surface area contributed by atoms with E-state index < -0.39 is 47.5 Å². The Kier molecular flexibility index (Phi) is 8.84. The van der Waals surface area contributed by atoms with Crippen LogP contribution in [-0.2, 0) is 28.5 Å². The zero-order valence-electron chi connectivity index (χ0n) is 37.9. The summed E-state index contributed by atoms with van der Waals surface area (Å²) in [5.74, 6) is -1.99. The molecule has 4 aliphatic heterocycles. The topological polar surface area (TPSA) is 170 Å². The maximum Gasteiger partial charge on any atom is 0.438 e. The first-order valence-corrected chi connectivity index (χ1v) is 22.9. The number of ether oxygens (including phenoxy) is 1. The summed E-state index contributed by atoms with van der Waals surface area (Å²) < 4.78 is 47.6. The van der Waals surface area contributed by atoms with Gasteiger partial charge >= 0.3 is 11.8 Å². The molecule has 0 unspecified atom stereocenters. The molecule has 1 saturated carbocycles. The van der Waals surface area contributed by atoms with Gasteiger partial charge in [0.05, 0.1) is 45.8 Å². The van der Waals surface area contributed by atoms with E-state index in [2.05, 4.69) is 54.2 Å². The molecule has 2 bridgehead atoms. The lowest BCUT2D eigenvalue weighted by Crippen LogP contribution is -2.44. The van der Waals surface area contributed by atoms with E-state index in [4.69, 9.17) is 14.4 Å². The number of imide groups is 1. The van der Waals surface area contributed by atoms with Crippen LogP contribution >= 0.6 is 0 Å². The van der Waals surface area contributed by atoms with Crippen LogP contribution in [0.2, 0.25) is 0 Å². The Morgan fingerprint density at radius 1 is 0.940 bits per heavy atom. The number of rotatable bonds is 7. The molecule has 4 fully saturated rings. The van der Waals surface area contributed by atoms with Crippen LogP contribution in [0.25, 0.3) is 27.5 Å². The number of aryl methyl sites for hydroxylation is 3. The minimum Gasteiger partial charge on any atom is -0.376 e. The molecule has 4 aromatic heterocycles. The second-order valence-electron chi connectivity index (χ2n) is 19.8. The van der Waals surface area contributed by atoms with Crippen LogP contribution in [0.15, 0.2) is 64.0 Å². The number of nitrogens with one attached hydrogen (secondary N) is 1. The number of aromatic amines is 1. The summed E-state index contributed by atoms with van der Waals surface area (Å²) in [6.07, 6.45) is 5.10. The van der Waals surface area contributed by atoms with Gasteiger partial charge in [0.25, 0.3) is 11.8 Å². The Morgan fingerprint density at radius 3 is 2.42 bits per heavy atom. The first kappa shape index (κ1) is 41.5. The van der Waals surface area contributed by atoms with Crippen molar-refractivity contribution in [2.75, 3.05) is 23.0 Å². The van der Waals surface area contributed by atoms with E-state index >= 15 is 13.6 Å². The summed E-state index contributed by atoms with van der Waals surface area (Å²) >= 11 is 0. The maximum atomic E-state index is 16.2. The number of benzene rings is 3. The zero-order valence-corrected chi connectivity index (χ0v) is 37.9. The number of urea groups is 1. The number of carbonyl (C=O) groups is 3. The molecule has 8 heterocycles. The molecule has 12 rings (SSSR count). The smallest absolute Gasteiger partial charge is 0.376 e. The van der Waals surface area contributed by atoms with E-state index in [0.717, 1.165) is 39.1 Å². The van der Waals surface area contributed by atoms with E-state index in [1.807, 2.05) is 15.5 Å². The standard InChI is InChI=1S/C49H48F2N10O6/c1-24-15-31(16-25(2)41(24)50)61-43(59-39(62)23-57(47(59)65)37-12-11-35-32(42(37)51)22-52-56(35)6)40-33(54-61)19-30-8-10-36(40)58(30)44(63)38-18-29-17-27(28-13-14-66-48(4,5)21-28)7-9-34(29)60(38)49(20-26(49)3)45-53-46(64)67-55-45/h7,9,11-12,15-18,22,26,28,30,36H,8,10,13-14,19-21,23H2,1-6H3,(H,53,55,64)/t26-,28-,30-,36+,49-/m0/s1. The quantitative estimate of drug-likeness (QED) is 0.158. The van der Waals surface area contributed by atoms with Crippen molar-refractivity contribution in [3.05, 3.63) is 116 Å². The van der Waals surface area contributed by atoms with Crippen molar-refractivity contribution in [1.29, 1.82) is 0 Å². The Morgan fingerprint density at radius 2 is 1.70 bits per heavy atom.